The molecule has 4 rings (SSSR count). The number of benzene rings is 2. The Morgan fingerprint density at radius 3 is 2.19 bits per heavy atom. The van der Waals surface area contributed by atoms with E-state index >= 15 is 0 Å². The van der Waals surface area contributed by atoms with Crippen LogP contribution < -0.4 is 4.90 Å². The van der Waals surface area contributed by atoms with Crippen molar-refractivity contribution in [1.82, 2.24) is 4.90 Å². The third-order valence-corrected chi connectivity index (χ3v) is 4.98. The van der Waals surface area contributed by atoms with E-state index in [1.165, 1.54) is 34.4 Å². The standard InChI is InChI=1S/C19H22N2/c1-13-8-14(2)10-15(9-13)21-12-20(3)18-11-19(21)17-7-5-4-6-16(17)18/h4-10,18-19H,11-12H2,1-3H3. The van der Waals surface area contributed by atoms with Crippen LogP contribution in [0.3, 0.4) is 0 Å². The molecule has 0 aromatic heterocycles. The van der Waals surface area contributed by atoms with Crippen molar-refractivity contribution in [3.63, 3.8) is 0 Å². The lowest BCUT2D eigenvalue weighted by atomic mass is 10.0. The van der Waals surface area contributed by atoms with Gasteiger partial charge in [0.15, 0.2) is 0 Å². The van der Waals surface area contributed by atoms with Gasteiger partial charge < -0.3 is 4.90 Å². The summed E-state index contributed by atoms with van der Waals surface area (Å²) < 4.78 is 0. The quantitative estimate of drug-likeness (QED) is 0.771. The summed E-state index contributed by atoms with van der Waals surface area (Å²) >= 11 is 0. The van der Waals surface area contributed by atoms with Crippen molar-refractivity contribution in [1.29, 1.82) is 0 Å². The predicted molar refractivity (Wildman–Crippen MR) is 87.6 cm³/mol. The molecular formula is C19H22N2. The molecular weight excluding hydrogens is 256 g/mol. The van der Waals surface area contributed by atoms with Crippen LogP contribution in [-0.2, 0) is 0 Å². The summed E-state index contributed by atoms with van der Waals surface area (Å²) in [6.45, 7) is 5.39. The highest BCUT2D eigenvalue weighted by Gasteiger charge is 2.41. The zero-order valence-corrected chi connectivity index (χ0v) is 13.0. The summed E-state index contributed by atoms with van der Waals surface area (Å²) in [5.74, 6) is 0. The Kier molecular flexibility index (Phi) is 2.83. The molecule has 0 radical (unpaired) electrons. The van der Waals surface area contributed by atoms with Gasteiger partial charge in [-0.3, -0.25) is 4.90 Å². The molecule has 1 saturated heterocycles. The van der Waals surface area contributed by atoms with Crippen molar-refractivity contribution in [2.24, 2.45) is 0 Å². The van der Waals surface area contributed by atoms with Crippen LogP contribution >= 0.6 is 0 Å². The van der Waals surface area contributed by atoms with Gasteiger partial charge in [-0.05, 0) is 61.7 Å². The van der Waals surface area contributed by atoms with Crippen LogP contribution in [0.2, 0.25) is 0 Å². The maximum Gasteiger partial charge on any atom is 0.0716 e. The minimum absolute atomic E-state index is 0.531. The molecule has 2 unspecified atom stereocenters. The molecule has 2 aliphatic rings. The summed E-state index contributed by atoms with van der Waals surface area (Å²) in [5, 5.41) is 0. The van der Waals surface area contributed by atoms with Crippen LogP contribution in [-0.4, -0.2) is 18.6 Å². The van der Waals surface area contributed by atoms with Crippen LogP contribution in [0.5, 0.6) is 0 Å². The summed E-state index contributed by atoms with van der Waals surface area (Å²) in [6.07, 6.45) is 1.21. The lowest BCUT2D eigenvalue weighted by Crippen LogP contribution is -2.42. The summed E-state index contributed by atoms with van der Waals surface area (Å²) in [6, 6.07) is 17.0. The largest absolute Gasteiger partial charge is 0.351 e. The Balaban J connectivity index is 1.81. The number of nitrogens with zero attached hydrogens (tertiary/aromatic N) is 2. The van der Waals surface area contributed by atoms with E-state index in [4.69, 9.17) is 0 Å². The second-order valence-electron chi connectivity index (χ2n) is 6.61. The van der Waals surface area contributed by atoms with Crippen molar-refractivity contribution >= 4 is 5.69 Å². The number of hydrogen-bond acceptors (Lipinski definition) is 2. The van der Waals surface area contributed by atoms with E-state index < -0.39 is 0 Å². The van der Waals surface area contributed by atoms with Gasteiger partial charge in [0.05, 0.1) is 12.7 Å². The molecule has 0 saturated carbocycles. The molecule has 2 bridgehead atoms. The molecule has 2 heteroatoms. The van der Waals surface area contributed by atoms with E-state index in [9.17, 15) is 0 Å². The summed E-state index contributed by atoms with van der Waals surface area (Å²) in [5.41, 5.74) is 7.10. The number of hydrogen-bond donors (Lipinski definition) is 0. The van der Waals surface area contributed by atoms with Gasteiger partial charge in [0.1, 0.15) is 0 Å². The molecule has 108 valence electrons. The van der Waals surface area contributed by atoms with Crippen molar-refractivity contribution in [3.05, 3.63) is 64.7 Å². The summed E-state index contributed by atoms with van der Waals surface area (Å²) in [4.78, 5) is 5.06. The lowest BCUT2D eigenvalue weighted by molar-refractivity contribution is 0.193. The van der Waals surface area contributed by atoms with Crippen molar-refractivity contribution < 1.29 is 0 Å². The van der Waals surface area contributed by atoms with Crippen molar-refractivity contribution in [3.8, 4) is 0 Å². The zero-order valence-electron chi connectivity index (χ0n) is 13.0. The first-order valence-corrected chi connectivity index (χ1v) is 7.77. The predicted octanol–water partition coefficient (Wildman–Crippen LogP) is 4.20. The van der Waals surface area contributed by atoms with Crippen LogP contribution in [0.15, 0.2) is 42.5 Å². The molecule has 2 aromatic carbocycles. The van der Waals surface area contributed by atoms with E-state index in [0.717, 1.165) is 6.67 Å². The molecule has 2 aromatic rings. The topological polar surface area (TPSA) is 6.48 Å². The molecule has 2 atom stereocenters. The van der Waals surface area contributed by atoms with Gasteiger partial charge in [-0.25, -0.2) is 0 Å². The van der Waals surface area contributed by atoms with Crippen molar-refractivity contribution in [2.75, 3.05) is 18.6 Å². The van der Waals surface area contributed by atoms with E-state index in [2.05, 4.69) is 73.2 Å². The van der Waals surface area contributed by atoms with Gasteiger partial charge in [-0.2, -0.15) is 0 Å². The fourth-order valence-electron chi connectivity index (χ4n) is 4.11. The van der Waals surface area contributed by atoms with Gasteiger partial charge in [0, 0.05) is 11.7 Å². The molecule has 1 fully saturated rings. The highest BCUT2D eigenvalue weighted by Crippen LogP contribution is 2.49. The maximum atomic E-state index is 2.57. The minimum Gasteiger partial charge on any atom is -0.351 e. The number of fused-ring (bicyclic) bond motifs is 5. The van der Waals surface area contributed by atoms with Gasteiger partial charge >= 0.3 is 0 Å². The fraction of sp³-hybridized carbons (Fsp3) is 0.368. The monoisotopic (exact) mass is 278 g/mol. The SMILES string of the molecule is Cc1cc(C)cc(N2CN(C)C3CC2c2ccccc23)c1. The highest BCUT2D eigenvalue weighted by atomic mass is 15.4. The van der Waals surface area contributed by atoms with E-state index in [1.807, 2.05) is 0 Å². The number of anilines is 1. The third kappa shape index (κ3) is 1.97. The van der Waals surface area contributed by atoms with Gasteiger partial charge in [-0.1, -0.05) is 30.3 Å². The average Bonchev–Trinajstić information content (AvgIpc) is 2.78. The molecule has 21 heavy (non-hydrogen) atoms. The summed E-state index contributed by atoms with van der Waals surface area (Å²) in [7, 11) is 2.25. The molecule has 0 spiro atoms. The maximum absolute atomic E-state index is 2.57. The Bertz CT molecular complexity index is 671. The smallest absolute Gasteiger partial charge is 0.0716 e. The molecule has 1 aliphatic carbocycles. The Morgan fingerprint density at radius 1 is 0.905 bits per heavy atom. The first kappa shape index (κ1) is 12.9. The van der Waals surface area contributed by atoms with E-state index in [0.29, 0.717) is 12.1 Å². The number of aryl methyl sites for hydroxylation is 2. The van der Waals surface area contributed by atoms with Crippen LogP contribution in [0.1, 0.15) is 40.8 Å². The first-order chi connectivity index (χ1) is 10.1. The van der Waals surface area contributed by atoms with E-state index in [1.54, 1.807) is 0 Å². The van der Waals surface area contributed by atoms with Gasteiger partial charge in [0.25, 0.3) is 0 Å². The fourth-order valence-corrected chi connectivity index (χ4v) is 4.11. The molecule has 0 N–H and O–H groups in total. The Hall–Kier alpha value is -1.80. The van der Waals surface area contributed by atoms with E-state index in [-0.39, 0.29) is 0 Å². The minimum atomic E-state index is 0.531. The molecule has 2 nitrogen and oxygen atoms in total. The normalized spacial score (nSPS) is 24.2. The van der Waals surface area contributed by atoms with Crippen LogP contribution in [0, 0.1) is 13.8 Å². The molecule has 1 heterocycles. The highest BCUT2D eigenvalue weighted by molar-refractivity contribution is 5.56. The van der Waals surface area contributed by atoms with Gasteiger partial charge in [-0.15, -0.1) is 0 Å². The zero-order chi connectivity index (χ0) is 14.6. The van der Waals surface area contributed by atoms with Crippen molar-refractivity contribution in [2.45, 2.75) is 32.4 Å². The second kappa shape index (κ2) is 4.60. The second-order valence-corrected chi connectivity index (χ2v) is 6.61. The Labute approximate surface area is 127 Å². The number of rotatable bonds is 1. The Morgan fingerprint density at radius 2 is 1.52 bits per heavy atom. The van der Waals surface area contributed by atoms with Crippen LogP contribution in [0.25, 0.3) is 0 Å². The first-order valence-electron chi connectivity index (χ1n) is 7.77. The average molecular weight is 278 g/mol. The molecule has 1 aliphatic heterocycles. The van der Waals surface area contributed by atoms with Gasteiger partial charge in [0.2, 0.25) is 0 Å². The lowest BCUT2D eigenvalue weighted by Gasteiger charge is -2.41. The molecule has 0 amide bonds. The van der Waals surface area contributed by atoms with Crippen LogP contribution in [0.4, 0.5) is 5.69 Å². The third-order valence-electron chi connectivity index (χ3n) is 4.98.